The summed E-state index contributed by atoms with van der Waals surface area (Å²) in [4.78, 5) is 25.7. The van der Waals surface area contributed by atoms with Crippen LogP contribution >= 0.6 is 0 Å². The van der Waals surface area contributed by atoms with E-state index in [1.807, 2.05) is 6.07 Å². The van der Waals surface area contributed by atoms with Crippen molar-refractivity contribution in [1.29, 1.82) is 0 Å². The van der Waals surface area contributed by atoms with Gasteiger partial charge in [0.25, 0.3) is 0 Å². The van der Waals surface area contributed by atoms with Crippen LogP contribution in [0.1, 0.15) is 24.8 Å². The molecule has 6 nitrogen and oxygen atoms in total. The highest BCUT2D eigenvalue weighted by molar-refractivity contribution is 5.71. The fraction of sp³-hybridized carbons (Fsp3) is 0.417. The summed E-state index contributed by atoms with van der Waals surface area (Å²) in [5, 5.41) is 2.46. The maximum Gasteiger partial charge on any atom is 0.312 e. The lowest BCUT2D eigenvalue weighted by atomic mass is 10.2. The Kier molecular flexibility index (Phi) is 6.24. The van der Waals surface area contributed by atoms with Crippen molar-refractivity contribution < 1.29 is 14.3 Å². The van der Waals surface area contributed by atoms with Crippen molar-refractivity contribution in [2.75, 3.05) is 6.54 Å². The molecule has 3 N–H and O–H groups in total. The normalized spacial score (nSPS) is 9.78. The third-order valence-corrected chi connectivity index (χ3v) is 2.23. The highest BCUT2D eigenvalue weighted by Gasteiger charge is 2.03. The smallest absolute Gasteiger partial charge is 0.312 e. The number of unbranched alkanes of at least 4 members (excludes halogenated alkanes) is 1. The molecule has 1 aromatic heterocycles. The number of nitrogens with two attached hydrogens (primary N) is 1. The van der Waals surface area contributed by atoms with Crippen LogP contribution in [-0.4, -0.2) is 23.5 Å². The highest BCUT2D eigenvalue weighted by Crippen LogP contribution is 2.02. The predicted molar refractivity (Wildman–Crippen MR) is 65.5 cm³/mol. The number of nitrogens with zero attached hydrogens (tertiary/aromatic N) is 1. The average molecular weight is 251 g/mol. The van der Waals surface area contributed by atoms with Gasteiger partial charge in [0.15, 0.2) is 0 Å². The SMILES string of the molecule is NC(=O)NCCCCC(=O)OCc1cccnc1. The number of amides is 2. The lowest BCUT2D eigenvalue weighted by Crippen LogP contribution is -2.30. The lowest BCUT2D eigenvalue weighted by molar-refractivity contribution is -0.145. The second-order valence-electron chi connectivity index (χ2n) is 3.77. The minimum absolute atomic E-state index is 0.242. The van der Waals surface area contributed by atoms with E-state index in [-0.39, 0.29) is 12.6 Å². The van der Waals surface area contributed by atoms with Crippen LogP contribution < -0.4 is 11.1 Å². The number of primary amides is 1. The summed E-state index contributed by atoms with van der Waals surface area (Å²) in [5.41, 5.74) is 5.76. The zero-order valence-electron chi connectivity index (χ0n) is 10.1. The molecule has 1 aromatic rings. The van der Waals surface area contributed by atoms with Gasteiger partial charge in [0.05, 0.1) is 0 Å². The molecule has 2 amide bonds. The van der Waals surface area contributed by atoms with Crippen molar-refractivity contribution in [2.24, 2.45) is 5.73 Å². The Balaban J connectivity index is 2.06. The van der Waals surface area contributed by atoms with Gasteiger partial charge >= 0.3 is 12.0 Å². The summed E-state index contributed by atoms with van der Waals surface area (Å²) in [6.45, 7) is 0.720. The summed E-state index contributed by atoms with van der Waals surface area (Å²) in [6.07, 6.45) is 5.01. The van der Waals surface area contributed by atoms with Crippen molar-refractivity contribution in [1.82, 2.24) is 10.3 Å². The Morgan fingerprint density at radius 2 is 2.22 bits per heavy atom. The highest BCUT2D eigenvalue weighted by atomic mass is 16.5. The summed E-state index contributed by atoms with van der Waals surface area (Å²) in [5.74, 6) is -0.252. The maximum atomic E-state index is 11.4. The fourth-order valence-corrected chi connectivity index (χ4v) is 1.33. The molecule has 98 valence electrons. The van der Waals surface area contributed by atoms with Crippen LogP contribution in [0, 0.1) is 0 Å². The van der Waals surface area contributed by atoms with Crippen molar-refractivity contribution in [3.8, 4) is 0 Å². The van der Waals surface area contributed by atoms with Gasteiger partial charge in [-0.3, -0.25) is 9.78 Å². The van der Waals surface area contributed by atoms with Crippen LogP contribution in [0.3, 0.4) is 0 Å². The van der Waals surface area contributed by atoms with E-state index in [2.05, 4.69) is 10.3 Å². The molecule has 0 fully saturated rings. The quantitative estimate of drug-likeness (QED) is 0.557. The fourth-order valence-electron chi connectivity index (χ4n) is 1.33. The Labute approximate surface area is 106 Å². The van der Waals surface area contributed by atoms with Crippen LogP contribution in [0.25, 0.3) is 0 Å². The van der Waals surface area contributed by atoms with E-state index in [4.69, 9.17) is 10.5 Å². The standard InChI is InChI=1S/C12H17N3O3/c13-12(17)15-7-2-1-5-11(16)18-9-10-4-3-6-14-8-10/h3-4,6,8H,1-2,5,7,9H2,(H3,13,15,17). The maximum absolute atomic E-state index is 11.4. The molecule has 0 radical (unpaired) electrons. The number of pyridine rings is 1. The number of esters is 1. The van der Waals surface area contributed by atoms with E-state index in [1.54, 1.807) is 18.5 Å². The molecule has 0 aliphatic rings. The van der Waals surface area contributed by atoms with E-state index in [9.17, 15) is 9.59 Å². The van der Waals surface area contributed by atoms with Crippen LogP contribution in [0.4, 0.5) is 4.79 Å². The predicted octanol–water partition coefficient (Wildman–Crippen LogP) is 0.963. The zero-order chi connectivity index (χ0) is 13.2. The summed E-state index contributed by atoms with van der Waals surface area (Å²) in [7, 11) is 0. The van der Waals surface area contributed by atoms with Gasteiger partial charge in [-0.25, -0.2) is 4.79 Å². The van der Waals surface area contributed by atoms with Crippen LogP contribution in [0.15, 0.2) is 24.5 Å². The van der Waals surface area contributed by atoms with Gasteiger partial charge in [-0.1, -0.05) is 6.07 Å². The third-order valence-electron chi connectivity index (χ3n) is 2.23. The first-order valence-corrected chi connectivity index (χ1v) is 5.76. The minimum Gasteiger partial charge on any atom is -0.461 e. The Morgan fingerprint density at radius 1 is 1.39 bits per heavy atom. The van der Waals surface area contributed by atoms with E-state index in [0.29, 0.717) is 25.8 Å². The molecule has 1 rings (SSSR count). The number of rotatable bonds is 7. The van der Waals surface area contributed by atoms with Gasteiger partial charge in [-0.15, -0.1) is 0 Å². The molecule has 0 spiro atoms. The zero-order valence-corrected chi connectivity index (χ0v) is 10.1. The molecule has 0 aromatic carbocycles. The molecule has 0 atom stereocenters. The number of carbonyl (C=O) groups is 2. The first kappa shape index (κ1) is 14.0. The largest absolute Gasteiger partial charge is 0.461 e. The summed E-state index contributed by atoms with van der Waals surface area (Å²) < 4.78 is 5.06. The number of hydrogen-bond donors (Lipinski definition) is 2. The first-order chi connectivity index (χ1) is 8.68. The van der Waals surface area contributed by atoms with Gasteiger partial charge in [-0.05, 0) is 18.9 Å². The Hall–Kier alpha value is -2.11. The molecule has 18 heavy (non-hydrogen) atoms. The minimum atomic E-state index is -0.547. The number of carbonyl (C=O) groups excluding carboxylic acids is 2. The van der Waals surface area contributed by atoms with Crippen molar-refractivity contribution >= 4 is 12.0 Å². The molecule has 0 bridgehead atoms. The van der Waals surface area contributed by atoms with E-state index < -0.39 is 6.03 Å². The number of hydrogen-bond acceptors (Lipinski definition) is 4. The van der Waals surface area contributed by atoms with Crippen LogP contribution in [0.5, 0.6) is 0 Å². The van der Waals surface area contributed by atoms with Crippen molar-refractivity contribution in [3.05, 3.63) is 30.1 Å². The van der Waals surface area contributed by atoms with E-state index in [0.717, 1.165) is 5.56 Å². The van der Waals surface area contributed by atoms with Gasteiger partial charge < -0.3 is 15.8 Å². The molecule has 0 aliphatic heterocycles. The Morgan fingerprint density at radius 3 is 2.89 bits per heavy atom. The monoisotopic (exact) mass is 251 g/mol. The van der Waals surface area contributed by atoms with Gasteiger partial charge in [0.2, 0.25) is 0 Å². The third kappa shape index (κ3) is 6.47. The van der Waals surface area contributed by atoms with Crippen LogP contribution in [-0.2, 0) is 16.1 Å². The number of nitrogens with one attached hydrogen (secondary N) is 1. The van der Waals surface area contributed by atoms with Crippen molar-refractivity contribution in [3.63, 3.8) is 0 Å². The summed E-state index contributed by atoms with van der Waals surface area (Å²) >= 11 is 0. The molecule has 0 saturated carbocycles. The molecule has 1 heterocycles. The van der Waals surface area contributed by atoms with Gasteiger partial charge in [0.1, 0.15) is 6.61 Å². The second-order valence-corrected chi connectivity index (χ2v) is 3.77. The molecular formula is C12H17N3O3. The van der Waals surface area contributed by atoms with Gasteiger partial charge in [-0.2, -0.15) is 0 Å². The van der Waals surface area contributed by atoms with E-state index in [1.165, 1.54) is 0 Å². The molecule has 6 heteroatoms. The number of ether oxygens (including phenoxy) is 1. The molecular weight excluding hydrogens is 234 g/mol. The average Bonchev–Trinajstić information content (AvgIpc) is 2.37. The van der Waals surface area contributed by atoms with Crippen LogP contribution in [0.2, 0.25) is 0 Å². The second kappa shape index (κ2) is 8.05. The summed E-state index contributed by atoms with van der Waals surface area (Å²) in [6, 6.07) is 3.09. The number of urea groups is 1. The lowest BCUT2D eigenvalue weighted by Gasteiger charge is -2.04. The topological polar surface area (TPSA) is 94.3 Å². The first-order valence-electron chi connectivity index (χ1n) is 5.76. The van der Waals surface area contributed by atoms with Crippen molar-refractivity contribution in [2.45, 2.75) is 25.9 Å². The number of aromatic nitrogens is 1. The van der Waals surface area contributed by atoms with E-state index >= 15 is 0 Å². The molecule has 0 saturated heterocycles. The van der Waals surface area contributed by atoms with Gasteiger partial charge in [0, 0.05) is 30.9 Å². The molecule has 0 unspecified atom stereocenters. The molecule has 0 aliphatic carbocycles. The Bertz CT molecular complexity index is 381.